The second-order valence-electron chi connectivity index (χ2n) is 10.8. The molecule has 0 aromatic rings. The van der Waals surface area contributed by atoms with Gasteiger partial charge in [0.25, 0.3) is 0 Å². The molecule has 182 valence electrons. The van der Waals surface area contributed by atoms with Gasteiger partial charge in [-0.25, -0.2) is 0 Å². The van der Waals surface area contributed by atoms with Gasteiger partial charge >= 0.3 is 0 Å². The normalized spacial score (nSPS) is 37.8. The summed E-state index contributed by atoms with van der Waals surface area (Å²) in [6.07, 6.45) is 11.9. The highest BCUT2D eigenvalue weighted by atomic mass is 16.5. The maximum atomic E-state index is 10.5. The Labute approximate surface area is 195 Å². The minimum absolute atomic E-state index is 0.148. The highest BCUT2D eigenvalue weighted by molar-refractivity contribution is 5.38. The Morgan fingerprint density at radius 1 is 1.19 bits per heavy atom. The molecule has 3 fully saturated rings. The second-order valence-corrected chi connectivity index (χ2v) is 10.8. The van der Waals surface area contributed by atoms with Crippen molar-refractivity contribution in [1.29, 1.82) is 0 Å². The zero-order valence-corrected chi connectivity index (χ0v) is 20.7. The van der Waals surface area contributed by atoms with Crippen LogP contribution >= 0.6 is 0 Å². The van der Waals surface area contributed by atoms with Crippen molar-refractivity contribution in [2.24, 2.45) is 23.2 Å². The fourth-order valence-corrected chi connectivity index (χ4v) is 6.85. The quantitative estimate of drug-likeness (QED) is 0.471. The summed E-state index contributed by atoms with van der Waals surface area (Å²) >= 11 is 0. The molecular formula is C28H46O4. The number of ether oxygens (including phenoxy) is 1. The minimum Gasteiger partial charge on any atom is -0.393 e. The number of aliphatic hydroxyl groups excluding tert-OH is 3. The Hall–Kier alpha value is -0.940. The van der Waals surface area contributed by atoms with Gasteiger partial charge in [0.15, 0.2) is 0 Å². The number of hydrogen-bond acceptors (Lipinski definition) is 4. The molecule has 3 aliphatic carbocycles. The van der Waals surface area contributed by atoms with Crippen LogP contribution in [0.1, 0.15) is 85.5 Å². The van der Waals surface area contributed by atoms with Crippen LogP contribution in [-0.2, 0) is 4.74 Å². The van der Waals surface area contributed by atoms with E-state index >= 15 is 0 Å². The first-order chi connectivity index (χ1) is 15.2. The molecule has 0 radical (unpaired) electrons. The summed E-state index contributed by atoms with van der Waals surface area (Å²) in [5.41, 5.74) is 3.47. The third kappa shape index (κ3) is 5.41. The summed E-state index contributed by atoms with van der Waals surface area (Å²) in [5, 5.41) is 30.7. The molecule has 0 aromatic carbocycles. The van der Waals surface area contributed by atoms with Crippen molar-refractivity contribution < 1.29 is 20.1 Å². The van der Waals surface area contributed by atoms with E-state index in [9.17, 15) is 15.3 Å². The number of allylic oxidation sites excluding steroid dienone is 3. The number of hydrogen-bond donors (Lipinski definition) is 3. The van der Waals surface area contributed by atoms with E-state index < -0.39 is 12.2 Å². The molecule has 4 nitrogen and oxygen atoms in total. The monoisotopic (exact) mass is 446 g/mol. The van der Waals surface area contributed by atoms with Crippen LogP contribution in [-0.4, -0.2) is 46.3 Å². The molecule has 3 N–H and O–H groups in total. The van der Waals surface area contributed by atoms with E-state index in [1.807, 2.05) is 0 Å². The molecule has 0 spiro atoms. The summed E-state index contributed by atoms with van der Waals surface area (Å²) in [4.78, 5) is 0. The van der Waals surface area contributed by atoms with E-state index in [0.29, 0.717) is 37.2 Å². The van der Waals surface area contributed by atoms with Crippen LogP contribution in [0.25, 0.3) is 0 Å². The van der Waals surface area contributed by atoms with Crippen molar-refractivity contribution in [3.05, 3.63) is 35.5 Å². The van der Waals surface area contributed by atoms with Crippen molar-refractivity contribution in [3.8, 4) is 0 Å². The second kappa shape index (κ2) is 11.0. The summed E-state index contributed by atoms with van der Waals surface area (Å²) in [6, 6.07) is 0. The molecule has 0 aliphatic heterocycles. The molecule has 4 heteroatoms. The number of fused-ring (bicyclic) bond motifs is 1. The predicted molar refractivity (Wildman–Crippen MR) is 130 cm³/mol. The Morgan fingerprint density at radius 2 is 1.91 bits per heavy atom. The zero-order valence-electron chi connectivity index (χ0n) is 20.7. The van der Waals surface area contributed by atoms with Crippen LogP contribution in [0.5, 0.6) is 0 Å². The van der Waals surface area contributed by atoms with Crippen molar-refractivity contribution in [2.75, 3.05) is 6.61 Å². The molecule has 3 aliphatic rings. The van der Waals surface area contributed by atoms with E-state index in [1.165, 1.54) is 31.3 Å². The van der Waals surface area contributed by atoms with E-state index in [4.69, 9.17) is 4.74 Å². The molecule has 7 atom stereocenters. The third-order valence-corrected chi connectivity index (χ3v) is 8.99. The van der Waals surface area contributed by atoms with Gasteiger partial charge in [0, 0.05) is 6.42 Å². The topological polar surface area (TPSA) is 69.9 Å². The van der Waals surface area contributed by atoms with E-state index in [1.54, 1.807) is 0 Å². The first-order valence-electron chi connectivity index (χ1n) is 13.0. The van der Waals surface area contributed by atoms with E-state index in [0.717, 1.165) is 30.4 Å². The maximum absolute atomic E-state index is 10.5. The summed E-state index contributed by atoms with van der Waals surface area (Å²) in [7, 11) is 0. The highest BCUT2D eigenvalue weighted by Crippen LogP contribution is 2.58. The van der Waals surface area contributed by atoms with Gasteiger partial charge in [-0.2, -0.15) is 0 Å². The van der Waals surface area contributed by atoms with Crippen LogP contribution in [0.3, 0.4) is 0 Å². The fraction of sp³-hybridized carbons (Fsp3) is 0.786. The molecule has 32 heavy (non-hydrogen) atoms. The van der Waals surface area contributed by atoms with Gasteiger partial charge in [0.05, 0.1) is 31.0 Å². The van der Waals surface area contributed by atoms with Crippen LogP contribution in [0.4, 0.5) is 0 Å². The smallest absolute Gasteiger partial charge is 0.0811 e. The zero-order chi connectivity index (χ0) is 23.5. The number of rotatable bonds is 8. The van der Waals surface area contributed by atoms with Gasteiger partial charge in [-0.05, 0) is 79.8 Å². The maximum Gasteiger partial charge on any atom is 0.0811 e. The SMILES string of the molecule is C=C1/C(=C/C=C2\CCC[C@]3(C)[C@@H]([C@H](C)OC[C@H](O)C(CC)CC)CC[C@@H]23)C[C@@H](O)C[C@@H]1O. The van der Waals surface area contributed by atoms with Crippen molar-refractivity contribution >= 4 is 0 Å². The Kier molecular flexibility index (Phi) is 8.82. The fourth-order valence-electron chi connectivity index (χ4n) is 6.85. The Morgan fingerprint density at radius 3 is 2.59 bits per heavy atom. The molecule has 0 saturated heterocycles. The summed E-state index contributed by atoms with van der Waals surface area (Å²) < 4.78 is 6.27. The first kappa shape index (κ1) is 25.7. The van der Waals surface area contributed by atoms with Gasteiger partial charge in [-0.3, -0.25) is 0 Å². The van der Waals surface area contributed by atoms with E-state index in [-0.39, 0.29) is 17.6 Å². The van der Waals surface area contributed by atoms with Gasteiger partial charge in [-0.1, -0.05) is 57.9 Å². The Balaban J connectivity index is 1.68. The van der Waals surface area contributed by atoms with E-state index in [2.05, 4.69) is 46.4 Å². The van der Waals surface area contributed by atoms with Crippen LogP contribution in [0, 0.1) is 23.2 Å². The lowest BCUT2D eigenvalue weighted by atomic mass is 9.62. The van der Waals surface area contributed by atoms with Crippen LogP contribution in [0.15, 0.2) is 35.5 Å². The van der Waals surface area contributed by atoms with Crippen molar-refractivity contribution in [1.82, 2.24) is 0 Å². The first-order valence-corrected chi connectivity index (χ1v) is 13.0. The molecule has 0 bridgehead atoms. The van der Waals surface area contributed by atoms with Gasteiger partial charge in [0.2, 0.25) is 0 Å². The third-order valence-electron chi connectivity index (χ3n) is 8.99. The van der Waals surface area contributed by atoms with Crippen molar-refractivity contribution in [3.63, 3.8) is 0 Å². The minimum atomic E-state index is -0.635. The molecule has 0 amide bonds. The summed E-state index contributed by atoms with van der Waals surface area (Å²) in [5.74, 6) is 1.38. The highest BCUT2D eigenvalue weighted by Gasteiger charge is 2.51. The molecule has 3 saturated carbocycles. The lowest BCUT2D eigenvalue weighted by Crippen LogP contribution is -2.40. The largest absolute Gasteiger partial charge is 0.393 e. The standard InChI is InChI=1S/C28H46O4/c1-6-20(7-2)27(31)17-32-19(4)24-12-13-25-21(9-8-14-28(24,25)5)10-11-22-15-23(29)16-26(30)18(22)3/h10-11,19-20,23-27,29-31H,3,6-9,12-17H2,1-2,4-5H3/b21-10+,22-11+/t19-,23+,24+,25-,26-,27-,28+/m0/s1. The molecular weight excluding hydrogens is 400 g/mol. The van der Waals surface area contributed by atoms with Gasteiger partial charge in [0.1, 0.15) is 0 Å². The van der Waals surface area contributed by atoms with Gasteiger partial charge < -0.3 is 20.1 Å². The molecule has 3 rings (SSSR count). The molecule has 0 unspecified atom stereocenters. The van der Waals surface area contributed by atoms with Crippen LogP contribution in [0.2, 0.25) is 0 Å². The predicted octanol–water partition coefficient (Wildman–Crippen LogP) is 5.33. The summed E-state index contributed by atoms with van der Waals surface area (Å²) in [6.45, 7) is 13.4. The molecule has 0 aromatic heterocycles. The van der Waals surface area contributed by atoms with Crippen LogP contribution < -0.4 is 0 Å². The Bertz CT molecular complexity index is 706. The number of aliphatic hydroxyl groups is 3. The lowest BCUT2D eigenvalue weighted by molar-refractivity contribution is -0.0691. The average molecular weight is 447 g/mol. The molecule has 0 heterocycles. The van der Waals surface area contributed by atoms with Gasteiger partial charge in [-0.15, -0.1) is 0 Å². The lowest BCUT2D eigenvalue weighted by Gasteiger charge is -2.44. The van der Waals surface area contributed by atoms with Crippen molar-refractivity contribution in [2.45, 2.75) is 110 Å². The average Bonchev–Trinajstić information content (AvgIpc) is 3.12.